The summed E-state index contributed by atoms with van der Waals surface area (Å²) in [7, 11) is 0. The van der Waals surface area contributed by atoms with Gasteiger partial charge in [-0.25, -0.2) is 9.18 Å². The topological polar surface area (TPSA) is 55.4 Å². The van der Waals surface area contributed by atoms with Crippen LogP contribution in [0.4, 0.5) is 4.39 Å². The first-order valence-corrected chi connectivity index (χ1v) is 9.40. The minimum Gasteiger partial charge on any atom is -0.459 e. The number of ether oxygens (including phenoxy) is 1. The molecule has 0 aliphatic carbocycles. The summed E-state index contributed by atoms with van der Waals surface area (Å²) in [6, 6.07) is 12.3. The van der Waals surface area contributed by atoms with Crippen molar-refractivity contribution in [1.29, 1.82) is 0 Å². The average Bonchev–Trinajstić information content (AvgIpc) is 2.64. The van der Waals surface area contributed by atoms with E-state index in [0.29, 0.717) is 11.1 Å². The van der Waals surface area contributed by atoms with Gasteiger partial charge < -0.3 is 10.1 Å². The van der Waals surface area contributed by atoms with Gasteiger partial charge in [-0.15, -0.1) is 0 Å². The Hall–Kier alpha value is -2.69. The van der Waals surface area contributed by atoms with Crippen LogP contribution in [0.2, 0.25) is 0 Å². The third-order valence-corrected chi connectivity index (χ3v) is 4.51. The van der Waals surface area contributed by atoms with Crippen LogP contribution in [0.15, 0.2) is 48.5 Å². The first-order chi connectivity index (χ1) is 13.1. The molecule has 2 aromatic carbocycles. The molecule has 28 heavy (non-hydrogen) atoms. The molecule has 0 saturated carbocycles. The molecule has 0 aromatic heterocycles. The van der Waals surface area contributed by atoms with Crippen molar-refractivity contribution < 1.29 is 18.7 Å². The predicted octanol–water partition coefficient (Wildman–Crippen LogP) is 4.62. The Morgan fingerprint density at radius 1 is 1.00 bits per heavy atom. The number of nitrogens with one attached hydrogen (secondary N) is 1. The number of rotatable bonds is 6. The average molecular weight is 385 g/mol. The molecule has 0 spiro atoms. The second-order valence-corrected chi connectivity index (χ2v) is 8.26. The van der Waals surface area contributed by atoms with Crippen LogP contribution in [0, 0.1) is 11.7 Å². The highest BCUT2D eigenvalue weighted by atomic mass is 19.1. The summed E-state index contributed by atoms with van der Waals surface area (Å²) in [5, 5.41) is 2.76. The van der Waals surface area contributed by atoms with Crippen LogP contribution >= 0.6 is 0 Å². The Morgan fingerprint density at radius 2 is 1.57 bits per heavy atom. The monoisotopic (exact) mass is 385 g/mol. The van der Waals surface area contributed by atoms with Gasteiger partial charge in [0.05, 0.1) is 0 Å². The van der Waals surface area contributed by atoms with E-state index >= 15 is 0 Å². The Labute approximate surface area is 166 Å². The molecule has 0 saturated heterocycles. The molecule has 2 aromatic rings. The molecule has 150 valence electrons. The molecule has 0 fully saturated rings. The van der Waals surface area contributed by atoms with Gasteiger partial charge in [0.15, 0.2) is 0 Å². The van der Waals surface area contributed by atoms with Crippen molar-refractivity contribution >= 4 is 11.9 Å². The maximum atomic E-state index is 13.0. The largest absolute Gasteiger partial charge is 0.459 e. The van der Waals surface area contributed by atoms with Gasteiger partial charge in [-0.3, -0.25) is 4.79 Å². The van der Waals surface area contributed by atoms with Crippen molar-refractivity contribution in [2.24, 2.45) is 5.92 Å². The lowest BCUT2D eigenvalue weighted by atomic mass is 9.86. The summed E-state index contributed by atoms with van der Waals surface area (Å²) in [6.45, 7) is 10.0. The molecular weight excluding hydrogens is 357 g/mol. The molecule has 0 radical (unpaired) electrons. The molecule has 5 heteroatoms. The normalized spacial score (nSPS) is 12.5. The van der Waals surface area contributed by atoms with Crippen molar-refractivity contribution in [2.45, 2.75) is 52.7 Å². The van der Waals surface area contributed by atoms with Crippen molar-refractivity contribution in [2.75, 3.05) is 0 Å². The molecule has 0 aliphatic heterocycles. The highest BCUT2D eigenvalue weighted by molar-refractivity contribution is 5.96. The highest BCUT2D eigenvalue weighted by Gasteiger charge is 2.26. The molecule has 2 rings (SSSR count). The van der Waals surface area contributed by atoms with Crippen LogP contribution in [-0.2, 0) is 21.6 Å². The summed E-state index contributed by atoms with van der Waals surface area (Å²) in [5.41, 5.74) is 2.30. The van der Waals surface area contributed by atoms with Crippen LogP contribution in [0.25, 0.3) is 0 Å². The molecule has 0 heterocycles. The molecule has 0 aliphatic rings. The molecule has 0 bridgehead atoms. The predicted molar refractivity (Wildman–Crippen MR) is 107 cm³/mol. The fraction of sp³-hybridized carbons (Fsp3) is 0.391. The fourth-order valence-electron chi connectivity index (χ4n) is 2.67. The van der Waals surface area contributed by atoms with Gasteiger partial charge in [0.25, 0.3) is 5.91 Å². The Balaban J connectivity index is 2.01. The Kier molecular flexibility index (Phi) is 6.95. The molecule has 1 atom stereocenters. The summed E-state index contributed by atoms with van der Waals surface area (Å²) in [6.07, 6.45) is 0. The molecule has 1 amide bonds. The summed E-state index contributed by atoms with van der Waals surface area (Å²) in [4.78, 5) is 25.0. The third kappa shape index (κ3) is 5.91. The van der Waals surface area contributed by atoms with Crippen LogP contribution in [0.5, 0.6) is 0 Å². The number of carbonyl (C=O) groups excluding carboxylic acids is 2. The van der Waals surface area contributed by atoms with Gasteiger partial charge in [0.1, 0.15) is 18.5 Å². The lowest BCUT2D eigenvalue weighted by molar-refractivity contribution is -0.148. The van der Waals surface area contributed by atoms with Gasteiger partial charge in [-0.1, -0.05) is 58.9 Å². The first-order valence-electron chi connectivity index (χ1n) is 9.40. The zero-order valence-electron chi connectivity index (χ0n) is 17.1. The first kappa shape index (κ1) is 21.6. The minimum atomic E-state index is -0.768. The Morgan fingerprint density at radius 3 is 2.07 bits per heavy atom. The van der Waals surface area contributed by atoms with Crippen LogP contribution in [0.3, 0.4) is 0 Å². The van der Waals surface area contributed by atoms with Crippen molar-refractivity contribution in [3.8, 4) is 0 Å². The number of benzene rings is 2. The van der Waals surface area contributed by atoms with Crippen molar-refractivity contribution in [3.63, 3.8) is 0 Å². The number of hydrogen-bond donors (Lipinski definition) is 1. The van der Waals surface area contributed by atoms with E-state index in [1.807, 2.05) is 26.0 Å². The third-order valence-electron chi connectivity index (χ3n) is 4.51. The highest BCUT2D eigenvalue weighted by Crippen LogP contribution is 2.22. The molecule has 0 unspecified atom stereocenters. The number of amides is 1. The SMILES string of the molecule is CC(C)[C@H](NC(=O)c1ccc(C(C)(C)C)cc1)C(=O)OCc1ccc(F)cc1. The number of esters is 1. The second-order valence-electron chi connectivity index (χ2n) is 8.26. The Bertz CT molecular complexity index is 805. The van der Waals surface area contributed by atoms with Crippen LogP contribution in [0.1, 0.15) is 56.1 Å². The maximum Gasteiger partial charge on any atom is 0.329 e. The van der Waals surface area contributed by atoms with E-state index in [1.165, 1.54) is 12.1 Å². The van der Waals surface area contributed by atoms with E-state index in [4.69, 9.17) is 4.74 Å². The van der Waals surface area contributed by atoms with Crippen LogP contribution < -0.4 is 5.32 Å². The van der Waals surface area contributed by atoms with E-state index in [2.05, 4.69) is 26.1 Å². The summed E-state index contributed by atoms with van der Waals surface area (Å²) >= 11 is 0. The lowest BCUT2D eigenvalue weighted by Crippen LogP contribution is -2.45. The molecule has 1 N–H and O–H groups in total. The number of hydrogen-bond acceptors (Lipinski definition) is 3. The van der Waals surface area contributed by atoms with E-state index in [9.17, 15) is 14.0 Å². The minimum absolute atomic E-state index is 0.000364. The molecular formula is C23H28FNO3. The van der Waals surface area contributed by atoms with Gasteiger partial charge in [0.2, 0.25) is 0 Å². The van der Waals surface area contributed by atoms with Gasteiger partial charge in [-0.2, -0.15) is 0 Å². The smallest absolute Gasteiger partial charge is 0.329 e. The van der Waals surface area contributed by atoms with Crippen molar-refractivity contribution in [3.05, 3.63) is 71.0 Å². The standard InChI is InChI=1S/C23H28FNO3/c1-15(2)20(22(27)28-14-16-6-12-19(24)13-7-16)25-21(26)17-8-10-18(11-9-17)23(3,4)5/h6-13,15,20H,14H2,1-5H3,(H,25,26)/t20-/m0/s1. The van der Waals surface area contributed by atoms with Gasteiger partial charge in [0, 0.05) is 5.56 Å². The lowest BCUT2D eigenvalue weighted by Gasteiger charge is -2.22. The van der Waals surface area contributed by atoms with Crippen molar-refractivity contribution in [1.82, 2.24) is 5.32 Å². The quantitative estimate of drug-likeness (QED) is 0.738. The number of carbonyl (C=O) groups is 2. The maximum absolute atomic E-state index is 13.0. The van der Waals surface area contributed by atoms with E-state index in [0.717, 1.165) is 5.56 Å². The summed E-state index contributed by atoms with van der Waals surface area (Å²) in [5.74, 6) is -1.32. The van der Waals surface area contributed by atoms with Gasteiger partial charge >= 0.3 is 5.97 Å². The van der Waals surface area contributed by atoms with E-state index < -0.39 is 12.0 Å². The zero-order valence-corrected chi connectivity index (χ0v) is 17.1. The van der Waals surface area contributed by atoms with Crippen LogP contribution in [-0.4, -0.2) is 17.9 Å². The van der Waals surface area contributed by atoms with E-state index in [-0.39, 0.29) is 29.7 Å². The van der Waals surface area contributed by atoms with Gasteiger partial charge in [-0.05, 0) is 46.7 Å². The second kappa shape index (κ2) is 9.00. The molecule has 4 nitrogen and oxygen atoms in total. The van der Waals surface area contributed by atoms with E-state index in [1.54, 1.807) is 24.3 Å². The number of halogens is 1. The summed E-state index contributed by atoms with van der Waals surface area (Å²) < 4.78 is 18.3. The fourth-order valence-corrected chi connectivity index (χ4v) is 2.67. The zero-order chi connectivity index (χ0) is 20.9.